The molecule has 7 heteroatoms. The average molecular weight is 432 g/mol. The van der Waals surface area contributed by atoms with E-state index in [1.54, 1.807) is 4.68 Å². The molecule has 174 valence electrons. The monoisotopic (exact) mass is 431 g/mol. The predicted molar refractivity (Wildman–Crippen MR) is 127 cm³/mol. The zero-order valence-electron chi connectivity index (χ0n) is 19.5. The van der Waals surface area contributed by atoms with Crippen molar-refractivity contribution in [3.63, 3.8) is 0 Å². The Bertz CT molecular complexity index is 829. The van der Waals surface area contributed by atoms with Crippen LogP contribution < -0.4 is 10.6 Å². The van der Waals surface area contributed by atoms with Crippen LogP contribution in [0.4, 0.5) is 0 Å². The van der Waals surface area contributed by atoms with Crippen molar-refractivity contribution in [3.05, 3.63) is 47.8 Å². The van der Waals surface area contributed by atoms with Gasteiger partial charge in [0.15, 0.2) is 5.78 Å². The second-order valence-electron chi connectivity index (χ2n) is 8.63. The summed E-state index contributed by atoms with van der Waals surface area (Å²) in [6.45, 7) is 10.2. The predicted octanol–water partition coefficient (Wildman–Crippen LogP) is 3.95. The second-order valence-corrected chi connectivity index (χ2v) is 8.63. The maximum Gasteiger partial charge on any atom is 0.242 e. The summed E-state index contributed by atoms with van der Waals surface area (Å²) < 4.78 is 1.55. The third-order valence-electron chi connectivity index (χ3n) is 5.38. The molecule has 0 spiro atoms. The van der Waals surface area contributed by atoms with Crippen LogP contribution in [0.3, 0.4) is 0 Å². The molecule has 0 fully saturated rings. The fraction of sp³-hybridized carbons (Fsp3) is 0.583. The van der Waals surface area contributed by atoms with Crippen LogP contribution in [0.25, 0.3) is 0 Å². The standard InChI is InChI=1S/C24H37N5O2.2H2/c1-6-18(5)25-20(14-19-11-9-8-10-12-19)22-15-29(28-27-22)16-24(31)26-21(13-17(3)4)23(30)7-2;;/h8-12,15,17-18,20-21,25H,6-7,13-14,16H2,1-5H3,(H,26,31);2*1H/t18?,20-,21-;;/m0../s1. The molecule has 0 bridgehead atoms. The SMILES string of the molecule is CCC(=O)[C@H](CC(C)C)NC(=O)Cn1cc([C@H](Cc2ccccc2)NC(C)CC)nn1.[HH].[HH]. The molecule has 0 saturated heterocycles. The number of amides is 1. The number of rotatable bonds is 13. The highest BCUT2D eigenvalue weighted by Crippen LogP contribution is 2.18. The third-order valence-corrected chi connectivity index (χ3v) is 5.38. The van der Waals surface area contributed by atoms with Gasteiger partial charge in [-0.25, -0.2) is 4.68 Å². The van der Waals surface area contributed by atoms with E-state index in [9.17, 15) is 9.59 Å². The molecular weight excluding hydrogens is 390 g/mol. The molecule has 0 saturated carbocycles. The number of hydrogen-bond acceptors (Lipinski definition) is 5. The summed E-state index contributed by atoms with van der Waals surface area (Å²) in [7, 11) is 0. The van der Waals surface area contributed by atoms with E-state index in [-0.39, 0.29) is 27.1 Å². The maximum atomic E-state index is 12.6. The van der Waals surface area contributed by atoms with Crippen LogP contribution in [-0.4, -0.2) is 38.8 Å². The van der Waals surface area contributed by atoms with Crippen LogP contribution in [0.2, 0.25) is 0 Å². The van der Waals surface area contributed by atoms with Crippen LogP contribution in [0.1, 0.15) is 74.0 Å². The summed E-state index contributed by atoms with van der Waals surface area (Å²) in [5.74, 6) is 0.157. The summed E-state index contributed by atoms with van der Waals surface area (Å²) in [4.78, 5) is 24.7. The Kier molecular flexibility index (Phi) is 9.85. The molecule has 1 heterocycles. The summed E-state index contributed by atoms with van der Waals surface area (Å²) in [6, 6.07) is 10.2. The van der Waals surface area contributed by atoms with Gasteiger partial charge in [0.05, 0.1) is 24.0 Å². The molecule has 1 aromatic carbocycles. The first-order valence-corrected chi connectivity index (χ1v) is 11.3. The highest BCUT2D eigenvalue weighted by Gasteiger charge is 2.22. The van der Waals surface area contributed by atoms with E-state index in [0.717, 1.165) is 18.5 Å². The van der Waals surface area contributed by atoms with Gasteiger partial charge in [0.25, 0.3) is 0 Å². The lowest BCUT2D eigenvalue weighted by molar-refractivity contribution is -0.128. The molecule has 0 radical (unpaired) electrons. The lowest BCUT2D eigenvalue weighted by atomic mass is 9.99. The van der Waals surface area contributed by atoms with Gasteiger partial charge in [-0.2, -0.15) is 0 Å². The minimum Gasteiger partial charge on any atom is -0.345 e. The minimum absolute atomic E-state index is 0. The second kappa shape index (κ2) is 12.3. The van der Waals surface area contributed by atoms with E-state index in [0.29, 0.717) is 24.8 Å². The number of carbonyl (C=O) groups excluding carboxylic acids is 2. The maximum absolute atomic E-state index is 12.6. The fourth-order valence-corrected chi connectivity index (χ4v) is 3.49. The minimum atomic E-state index is -0.446. The van der Waals surface area contributed by atoms with Gasteiger partial charge in [-0.05, 0) is 37.7 Å². The van der Waals surface area contributed by atoms with Crippen molar-refractivity contribution in [2.45, 2.75) is 85.0 Å². The van der Waals surface area contributed by atoms with Crippen molar-refractivity contribution in [2.24, 2.45) is 5.92 Å². The van der Waals surface area contributed by atoms with Crippen molar-refractivity contribution >= 4 is 11.7 Å². The van der Waals surface area contributed by atoms with Crippen LogP contribution in [-0.2, 0) is 22.6 Å². The van der Waals surface area contributed by atoms with Gasteiger partial charge < -0.3 is 10.6 Å². The molecule has 7 nitrogen and oxygen atoms in total. The zero-order valence-corrected chi connectivity index (χ0v) is 19.5. The van der Waals surface area contributed by atoms with Gasteiger partial charge in [0.2, 0.25) is 5.91 Å². The van der Waals surface area contributed by atoms with Gasteiger partial charge in [-0.3, -0.25) is 9.59 Å². The molecule has 0 aliphatic heterocycles. The van der Waals surface area contributed by atoms with E-state index in [1.807, 2.05) is 45.2 Å². The number of nitrogens with zero attached hydrogens (tertiary/aromatic N) is 3. The number of hydrogen-bond donors (Lipinski definition) is 2. The molecule has 31 heavy (non-hydrogen) atoms. The van der Waals surface area contributed by atoms with Gasteiger partial charge in [-0.1, -0.05) is 63.2 Å². The highest BCUT2D eigenvalue weighted by atomic mass is 16.2. The largest absolute Gasteiger partial charge is 0.345 e. The van der Waals surface area contributed by atoms with Crippen molar-refractivity contribution in [1.82, 2.24) is 25.6 Å². The molecule has 1 unspecified atom stereocenters. The van der Waals surface area contributed by atoms with E-state index >= 15 is 0 Å². The Balaban J connectivity index is 0.00000512. The lowest BCUT2D eigenvalue weighted by Crippen LogP contribution is -2.43. The lowest BCUT2D eigenvalue weighted by Gasteiger charge is -2.21. The number of benzene rings is 1. The quantitative estimate of drug-likeness (QED) is 0.501. The van der Waals surface area contributed by atoms with E-state index in [2.05, 4.69) is 46.9 Å². The summed E-state index contributed by atoms with van der Waals surface area (Å²) in [5.41, 5.74) is 2.02. The Hall–Kier alpha value is -2.54. The number of carbonyl (C=O) groups is 2. The molecule has 2 aromatic rings. The molecule has 0 aliphatic carbocycles. The van der Waals surface area contributed by atoms with E-state index in [1.165, 1.54) is 5.56 Å². The number of nitrogens with one attached hydrogen (secondary N) is 2. The topological polar surface area (TPSA) is 88.9 Å². The number of ketones is 1. The van der Waals surface area contributed by atoms with E-state index < -0.39 is 6.04 Å². The van der Waals surface area contributed by atoms with Crippen molar-refractivity contribution < 1.29 is 12.4 Å². The average Bonchev–Trinajstić information content (AvgIpc) is 3.20. The van der Waals surface area contributed by atoms with Gasteiger partial charge in [0, 0.05) is 15.3 Å². The van der Waals surface area contributed by atoms with Crippen LogP contribution in [0, 0.1) is 5.92 Å². The molecule has 0 aliphatic rings. The summed E-state index contributed by atoms with van der Waals surface area (Å²) >= 11 is 0. The Morgan fingerprint density at radius 1 is 1.13 bits per heavy atom. The highest BCUT2D eigenvalue weighted by molar-refractivity contribution is 5.88. The van der Waals surface area contributed by atoms with Crippen molar-refractivity contribution in [3.8, 4) is 0 Å². The fourth-order valence-electron chi connectivity index (χ4n) is 3.49. The normalized spacial score (nSPS) is 14.3. The van der Waals surface area contributed by atoms with Gasteiger partial charge in [-0.15, -0.1) is 5.10 Å². The molecule has 2 rings (SSSR count). The van der Waals surface area contributed by atoms with E-state index in [4.69, 9.17) is 0 Å². The first kappa shape index (κ1) is 24.7. The molecule has 1 aromatic heterocycles. The molecule has 3 atom stereocenters. The van der Waals surface area contributed by atoms with Crippen LogP contribution >= 0.6 is 0 Å². The first-order chi connectivity index (χ1) is 14.8. The Morgan fingerprint density at radius 3 is 2.45 bits per heavy atom. The smallest absolute Gasteiger partial charge is 0.242 e. The molecular formula is C24H41N5O2. The molecule has 1 amide bonds. The summed E-state index contributed by atoms with van der Waals surface area (Å²) in [5, 5.41) is 15.0. The van der Waals surface area contributed by atoms with Gasteiger partial charge >= 0.3 is 0 Å². The first-order valence-electron chi connectivity index (χ1n) is 11.3. The third kappa shape index (κ3) is 8.25. The number of aromatic nitrogens is 3. The van der Waals surface area contributed by atoms with Crippen LogP contribution in [0.5, 0.6) is 0 Å². The Morgan fingerprint density at radius 2 is 1.84 bits per heavy atom. The van der Waals surface area contributed by atoms with Crippen molar-refractivity contribution in [1.29, 1.82) is 0 Å². The zero-order chi connectivity index (χ0) is 22.8. The number of Topliss-reactive ketones (excluding diaryl/α,β-unsaturated/α-hetero) is 1. The van der Waals surface area contributed by atoms with Gasteiger partial charge in [0.1, 0.15) is 6.54 Å². The van der Waals surface area contributed by atoms with Crippen LogP contribution in [0.15, 0.2) is 36.5 Å². The van der Waals surface area contributed by atoms with Crippen molar-refractivity contribution in [2.75, 3.05) is 0 Å². The summed E-state index contributed by atoms with van der Waals surface area (Å²) in [6.07, 6.45) is 4.66. The Labute approximate surface area is 189 Å². The molecule has 2 N–H and O–H groups in total.